The number of phenols is 1. The molecule has 1 nitrogen and oxygen atoms in total. The summed E-state index contributed by atoms with van der Waals surface area (Å²) in [5.41, 5.74) is 3.15. The van der Waals surface area contributed by atoms with E-state index in [1.165, 1.54) is 49.7 Å². The van der Waals surface area contributed by atoms with Crippen molar-refractivity contribution in [3.63, 3.8) is 0 Å². The molecule has 0 saturated heterocycles. The van der Waals surface area contributed by atoms with Gasteiger partial charge in [-0.1, -0.05) is 31.4 Å². The molecule has 0 unspecified atom stereocenters. The first-order valence-electron chi connectivity index (χ1n) is 6.09. The number of fused-ring (bicyclic) bond motifs is 1. The fourth-order valence-corrected chi connectivity index (χ4v) is 3.49. The molecule has 0 amide bonds. The second-order valence-corrected chi connectivity index (χ2v) is 5.33. The van der Waals surface area contributed by atoms with Gasteiger partial charge in [0.25, 0.3) is 0 Å². The fraction of sp³-hybridized carbons (Fsp3) is 0.571. The molecule has 0 bridgehead atoms. The van der Waals surface area contributed by atoms with Crippen molar-refractivity contribution < 1.29 is 5.11 Å². The summed E-state index contributed by atoms with van der Waals surface area (Å²) in [6.45, 7) is 0. The van der Waals surface area contributed by atoms with Crippen molar-refractivity contribution in [2.24, 2.45) is 5.41 Å². The Balaban J connectivity index is 1.94. The first-order chi connectivity index (χ1) is 7.29. The normalized spacial score (nSPS) is 22.9. The van der Waals surface area contributed by atoms with Gasteiger partial charge in [0.05, 0.1) is 0 Å². The Morgan fingerprint density at radius 3 is 2.53 bits per heavy atom. The summed E-state index contributed by atoms with van der Waals surface area (Å²) < 4.78 is 0. The molecule has 1 spiro atoms. The summed E-state index contributed by atoms with van der Waals surface area (Å²) in [6, 6.07) is 6.01. The van der Waals surface area contributed by atoms with Crippen LogP contribution in [0.15, 0.2) is 18.2 Å². The molecule has 3 rings (SSSR count). The van der Waals surface area contributed by atoms with Crippen LogP contribution in [0, 0.1) is 5.41 Å². The lowest BCUT2D eigenvalue weighted by Gasteiger charge is -2.33. The molecule has 0 atom stereocenters. The van der Waals surface area contributed by atoms with Gasteiger partial charge in [-0.05, 0) is 48.3 Å². The number of hydrogen-bond acceptors (Lipinski definition) is 1. The van der Waals surface area contributed by atoms with Gasteiger partial charge in [-0.15, -0.1) is 0 Å². The lowest BCUT2D eigenvalue weighted by Crippen LogP contribution is -2.24. The first kappa shape index (κ1) is 9.26. The second-order valence-electron chi connectivity index (χ2n) is 5.33. The summed E-state index contributed by atoms with van der Waals surface area (Å²) in [4.78, 5) is 0. The predicted octanol–water partition coefficient (Wildman–Crippen LogP) is 3.44. The summed E-state index contributed by atoms with van der Waals surface area (Å²) in [7, 11) is 0. The zero-order valence-electron chi connectivity index (χ0n) is 9.13. The van der Waals surface area contributed by atoms with Gasteiger partial charge in [0.2, 0.25) is 0 Å². The smallest absolute Gasteiger partial charge is 0.119 e. The second kappa shape index (κ2) is 3.26. The van der Waals surface area contributed by atoms with E-state index in [1.54, 1.807) is 0 Å². The van der Waals surface area contributed by atoms with Crippen LogP contribution < -0.4 is 0 Å². The molecule has 1 fully saturated rings. The highest BCUT2D eigenvalue weighted by Crippen LogP contribution is 2.49. The van der Waals surface area contributed by atoms with Gasteiger partial charge >= 0.3 is 0 Å². The summed E-state index contributed by atoms with van der Waals surface area (Å²) >= 11 is 0. The topological polar surface area (TPSA) is 20.2 Å². The molecule has 80 valence electrons. The van der Waals surface area contributed by atoms with Crippen LogP contribution in [0.3, 0.4) is 0 Å². The lowest BCUT2D eigenvalue weighted by atomic mass is 9.72. The quantitative estimate of drug-likeness (QED) is 0.683. The van der Waals surface area contributed by atoms with Crippen LogP contribution in [0.1, 0.15) is 43.2 Å². The van der Waals surface area contributed by atoms with E-state index in [1.807, 2.05) is 12.1 Å². The zero-order valence-corrected chi connectivity index (χ0v) is 9.13. The van der Waals surface area contributed by atoms with Crippen LogP contribution in [0.5, 0.6) is 5.75 Å². The van der Waals surface area contributed by atoms with Crippen molar-refractivity contribution in [2.45, 2.75) is 44.9 Å². The number of rotatable bonds is 0. The minimum Gasteiger partial charge on any atom is -0.508 e. The van der Waals surface area contributed by atoms with Gasteiger partial charge in [-0.3, -0.25) is 0 Å². The van der Waals surface area contributed by atoms with E-state index in [0.717, 1.165) is 6.42 Å². The van der Waals surface area contributed by atoms with Gasteiger partial charge in [0.15, 0.2) is 0 Å². The molecule has 1 aromatic carbocycles. The number of aromatic hydroxyl groups is 1. The third kappa shape index (κ3) is 1.45. The van der Waals surface area contributed by atoms with Gasteiger partial charge in [0, 0.05) is 0 Å². The van der Waals surface area contributed by atoms with Crippen LogP contribution in [0.25, 0.3) is 0 Å². The molecule has 0 radical (unpaired) electrons. The molecule has 0 aromatic heterocycles. The highest BCUT2D eigenvalue weighted by molar-refractivity contribution is 5.44. The van der Waals surface area contributed by atoms with E-state index >= 15 is 0 Å². The zero-order chi connectivity index (χ0) is 10.3. The van der Waals surface area contributed by atoms with Crippen molar-refractivity contribution in [3.05, 3.63) is 29.3 Å². The van der Waals surface area contributed by atoms with Gasteiger partial charge in [0.1, 0.15) is 5.75 Å². The van der Waals surface area contributed by atoms with Crippen molar-refractivity contribution in [1.29, 1.82) is 0 Å². The predicted molar refractivity (Wildman–Crippen MR) is 61.0 cm³/mol. The maximum atomic E-state index is 9.85. The average Bonchev–Trinajstić information content (AvgIpc) is 2.59. The third-order valence-electron chi connectivity index (χ3n) is 4.28. The Hall–Kier alpha value is -0.980. The molecule has 1 N–H and O–H groups in total. The maximum Gasteiger partial charge on any atom is 0.119 e. The minimum atomic E-state index is 0.513. The largest absolute Gasteiger partial charge is 0.508 e. The standard InChI is InChI=1S/C14H18O/c15-13-6-4-5-11-9-14(10-12(11)13)7-2-1-3-8-14/h4-6,15H,1-3,7-10H2. The summed E-state index contributed by atoms with van der Waals surface area (Å²) in [5.74, 6) is 0.523. The Kier molecular flexibility index (Phi) is 2.01. The molecule has 1 saturated carbocycles. The highest BCUT2D eigenvalue weighted by atomic mass is 16.3. The Labute approximate surface area is 91.1 Å². The van der Waals surface area contributed by atoms with Crippen molar-refractivity contribution in [1.82, 2.24) is 0 Å². The van der Waals surface area contributed by atoms with E-state index in [2.05, 4.69) is 6.07 Å². The van der Waals surface area contributed by atoms with Crippen LogP contribution in [-0.2, 0) is 12.8 Å². The van der Waals surface area contributed by atoms with Crippen LogP contribution in [0.4, 0.5) is 0 Å². The summed E-state index contributed by atoms with van der Waals surface area (Å²) in [6.07, 6.45) is 9.22. The Morgan fingerprint density at radius 1 is 1.00 bits per heavy atom. The van der Waals surface area contributed by atoms with Crippen LogP contribution in [0.2, 0.25) is 0 Å². The molecule has 15 heavy (non-hydrogen) atoms. The van der Waals surface area contributed by atoms with Crippen molar-refractivity contribution in [2.75, 3.05) is 0 Å². The molecule has 0 aliphatic heterocycles. The number of benzene rings is 1. The number of phenolic OH excluding ortho intramolecular Hbond substituents is 1. The van der Waals surface area contributed by atoms with Crippen LogP contribution >= 0.6 is 0 Å². The van der Waals surface area contributed by atoms with Gasteiger partial charge < -0.3 is 5.11 Å². The Morgan fingerprint density at radius 2 is 1.80 bits per heavy atom. The maximum absolute atomic E-state index is 9.85. The monoisotopic (exact) mass is 202 g/mol. The van der Waals surface area contributed by atoms with Gasteiger partial charge in [-0.2, -0.15) is 0 Å². The lowest BCUT2D eigenvalue weighted by molar-refractivity contribution is 0.202. The van der Waals surface area contributed by atoms with E-state index in [0.29, 0.717) is 11.2 Å². The van der Waals surface area contributed by atoms with E-state index < -0.39 is 0 Å². The molecule has 2 aliphatic rings. The summed E-state index contributed by atoms with van der Waals surface area (Å²) in [5, 5.41) is 9.85. The van der Waals surface area contributed by atoms with Crippen LogP contribution in [-0.4, -0.2) is 5.11 Å². The molecule has 1 aromatic rings. The molecule has 1 heteroatoms. The van der Waals surface area contributed by atoms with E-state index in [-0.39, 0.29) is 0 Å². The molecular weight excluding hydrogens is 184 g/mol. The average molecular weight is 202 g/mol. The fourth-order valence-electron chi connectivity index (χ4n) is 3.49. The van der Waals surface area contributed by atoms with Crippen molar-refractivity contribution >= 4 is 0 Å². The van der Waals surface area contributed by atoms with Gasteiger partial charge in [-0.25, -0.2) is 0 Å². The highest BCUT2D eigenvalue weighted by Gasteiger charge is 2.38. The van der Waals surface area contributed by atoms with E-state index in [9.17, 15) is 5.11 Å². The minimum absolute atomic E-state index is 0.513. The van der Waals surface area contributed by atoms with Crippen molar-refractivity contribution in [3.8, 4) is 5.75 Å². The van der Waals surface area contributed by atoms with E-state index in [4.69, 9.17) is 0 Å². The number of hydrogen-bond donors (Lipinski definition) is 1. The molecule has 2 aliphatic carbocycles. The molecule has 0 heterocycles. The SMILES string of the molecule is Oc1cccc2c1CC1(CCCCC1)C2. The first-order valence-corrected chi connectivity index (χ1v) is 6.09. The third-order valence-corrected chi connectivity index (χ3v) is 4.28. The Bertz CT molecular complexity index is 375. The molecular formula is C14H18O.